The second kappa shape index (κ2) is 7.76. The molecule has 0 atom stereocenters. The summed E-state index contributed by atoms with van der Waals surface area (Å²) in [5.41, 5.74) is 3.35. The summed E-state index contributed by atoms with van der Waals surface area (Å²) in [7, 11) is 0. The van der Waals surface area contributed by atoms with Crippen LogP contribution >= 0.6 is 23.5 Å². The number of pyridine rings is 1. The summed E-state index contributed by atoms with van der Waals surface area (Å²) in [5.74, 6) is 0.229. The molecule has 0 fully saturated rings. The first-order chi connectivity index (χ1) is 10.1. The van der Waals surface area contributed by atoms with Crippen LogP contribution in [0.15, 0.2) is 46.2 Å². The molecule has 1 aromatic carbocycles. The predicted octanol–water partition coefficient (Wildman–Crippen LogP) is 4.50. The SMILES string of the molecule is CSCSc1cc(Cc2ccccc2)c(C(C)C)c(=O)[nH]1. The Morgan fingerprint density at radius 2 is 1.90 bits per heavy atom. The van der Waals surface area contributed by atoms with Crippen molar-refractivity contribution < 1.29 is 0 Å². The Kier molecular flexibility index (Phi) is 6.00. The minimum absolute atomic E-state index is 0.0574. The number of benzene rings is 1. The summed E-state index contributed by atoms with van der Waals surface area (Å²) in [4.78, 5) is 15.4. The zero-order chi connectivity index (χ0) is 15.2. The van der Waals surface area contributed by atoms with Crippen molar-refractivity contribution in [3.05, 3.63) is 63.4 Å². The van der Waals surface area contributed by atoms with E-state index in [2.05, 4.69) is 43.3 Å². The van der Waals surface area contributed by atoms with Crippen LogP contribution in [0.5, 0.6) is 0 Å². The number of hydrogen-bond donors (Lipinski definition) is 1. The van der Waals surface area contributed by atoms with Gasteiger partial charge in [-0.3, -0.25) is 4.79 Å². The Morgan fingerprint density at radius 3 is 2.52 bits per heavy atom. The lowest BCUT2D eigenvalue weighted by Crippen LogP contribution is -2.18. The van der Waals surface area contributed by atoms with Crippen LogP contribution in [0.1, 0.15) is 36.5 Å². The second-order valence-electron chi connectivity index (χ2n) is 5.27. The minimum atomic E-state index is 0.0574. The first kappa shape index (κ1) is 16.2. The maximum Gasteiger partial charge on any atom is 0.252 e. The standard InChI is InChI=1S/C17H21NOS2/c1-12(2)16-14(9-13-7-5-4-6-8-13)10-15(18-17(16)19)21-11-20-3/h4-8,10,12H,9,11H2,1-3H3,(H,18,19). The Bertz CT molecular complexity index is 635. The minimum Gasteiger partial charge on any atom is -0.317 e. The predicted molar refractivity (Wildman–Crippen MR) is 94.6 cm³/mol. The molecule has 0 radical (unpaired) electrons. The Morgan fingerprint density at radius 1 is 1.19 bits per heavy atom. The second-order valence-corrected chi connectivity index (χ2v) is 7.52. The fraction of sp³-hybridized carbons (Fsp3) is 0.353. The van der Waals surface area contributed by atoms with E-state index >= 15 is 0 Å². The van der Waals surface area contributed by atoms with Gasteiger partial charge in [0, 0.05) is 10.6 Å². The summed E-state index contributed by atoms with van der Waals surface area (Å²) < 4.78 is 0. The van der Waals surface area contributed by atoms with Crippen LogP contribution in [0.25, 0.3) is 0 Å². The van der Waals surface area contributed by atoms with Gasteiger partial charge in [-0.05, 0) is 35.8 Å². The van der Waals surface area contributed by atoms with E-state index in [1.54, 1.807) is 23.5 Å². The molecule has 1 aromatic heterocycles. The van der Waals surface area contributed by atoms with E-state index < -0.39 is 0 Å². The molecule has 4 heteroatoms. The van der Waals surface area contributed by atoms with Crippen LogP contribution in [-0.4, -0.2) is 16.3 Å². The molecule has 0 unspecified atom stereocenters. The Balaban J connectivity index is 2.40. The molecule has 2 nitrogen and oxygen atoms in total. The van der Waals surface area contributed by atoms with E-state index in [0.717, 1.165) is 27.7 Å². The van der Waals surface area contributed by atoms with E-state index in [1.165, 1.54) is 5.56 Å². The average molecular weight is 319 g/mol. The highest BCUT2D eigenvalue weighted by molar-refractivity contribution is 8.15. The van der Waals surface area contributed by atoms with Gasteiger partial charge in [-0.2, -0.15) is 11.8 Å². The Labute approximate surface area is 134 Å². The molecule has 0 aliphatic rings. The highest BCUT2D eigenvalue weighted by atomic mass is 32.2. The molecular formula is C17H21NOS2. The van der Waals surface area contributed by atoms with Gasteiger partial charge in [0.25, 0.3) is 5.56 Å². The maximum absolute atomic E-state index is 12.4. The van der Waals surface area contributed by atoms with Gasteiger partial charge in [0.2, 0.25) is 0 Å². The molecule has 1 heterocycles. The summed E-state index contributed by atoms with van der Waals surface area (Å²) >= 11 is 3.45. The first-order valence-corrected chi connectivity index (χ1v) is 9.41. The van der Waals surface area contributed by atoms with Crippen molar-refractivity contribution in [1.82, 2.24) is 4.98 Å². The number of H-pyrrole nitrogens is 1. The average Bonchev–Trinajstić information content (AvgIpc) is 2.45. The number of aromatic amines is 1. The van der Waals surface area contributed by atoms with Crippen LogP contribution in [0.3, 0.4) is 0 Å². The molecule has 0 saturated carbocycles. The normalized spacial score (nSPS) is 11.0. The van der Waals surface area contributed by atoms with Gasteiger partial charge >= 0.3 is 0 Å². The van der Waals surface area contributed by atoms with Crippen molar-refractivity contribution in [2.45, 2.75) is 31.2 Å². The molecule has 21 heavy (non-hydrogen) atoms. The third-order valence-corrected chi connectivity index (χ3v) is 5.22. The van der Waals surface area contributed by atoms with E-state index in [0.29, 0.717) is 0 Å². The highest BCUT2D eigenvalue weighted by Crippen LogP contribution is 2.24. The third-order valence-electron chi connectivity index (χ3n) is 3.28. The van der Waals surface area contributed by atoms with Gasteiger partial charge < -0.3 is 4.98 Å². The molecule has 0 aliphatic carbocycles. The number of thioether (sulfide) groups is 2. The largest absolute Gasteiger partial charge is 0.317 e. The molecule has 2 rings (SSSR count). The van der Waals surface area contributed by atoms with Gasteiger partial charge in [0.05, 0.1) is 5.03 Å². The monoisotopic (exact) mass is 319 g/mol. The van der Waals surface area contributed by atoms with Crippen LogP contribution in [0, 0.1) is 0 Å². The van der Waals surface area contributed by atoms with Crippen molar-refractivity contribution in [3.8, 4) is 0 Å². The van der Waals surface area contributed by atoms with Crippen molar-refractivity contribution >= 4 is 23.5 Å². The number of aromatic nitrogens is 1. The molecule has 1 N–H and O–H groups in total. The molecule has 0 saturated heterocycles. The van der Waals surface area contributed by atoms with Gasteiger partial charge in [0.1, 0.15) is 0 Å². The Hall–Kier alpha value is -1.13. The fourth-order valence-corrected chi connectivity index (χ4v) is 3.76. The van der Waals surface area contributed by atoms with Gasteiger partial charge in [-0.25, -0.2) is 0 Å². The van der Waals surface area contributed by atoms with E-state index in [-0.39, 0.29) is 11.5 Å². The van der Waals surface area contributed by atoms with Crippen LogP contribution in [0.2, 0.25) is 0 Å². The summed E-state index contributed by atoms with van der Waals surface area (Å²) in [6, 6.07) is 12.5. The molecular weight excluding hydrogens is 298 g/mol. The van der Waals surface area contributed by atoms with Crippen molar-refractivity contribution in [3.63, 3.8) is 0 Å². The zero-order valence-electron chi connectivity index (χ0n) is 12.7. The van der Waals surface area contributed by atoms with Gasteiger partial charge in [-0.1, -0.05) is 55.9 Å². The van der Waals surface area contributed by atoms with Crippen molar-refractivity contribution in [2.24, 2.45) is 0 Å². The quantitative estimate of drug-likeness (QED) is 0.628. The maximum atomic E-state index is 12.4. The van der Waals surface area contributed by atoms with E-state index in [4.69, 9.17) is 0 Å². The van der Waals surface area contributed by atoms with Gasteiger partial charge in [-0.15, -0.1) is 0 Å². The van der Waals surface area contributed by atoms with Gasteiger partial charge in [0.15, 0.2) is 0 Å². The summed E-state index contributed by atoms with van der Waals surface area (Å²) in [5, 5.41) is 1.91. The molecule has 0 spiro atoms. The molecule has 0 bridgehead atoms. The third kappa shape index (κ3) is 4.42. The van der Waals surface area contributed by atoms with Crippen LogP contribution in [-0.2, 0) is 6.42 Å². The number of rotatable bonds is 6. The zero-order valence-corrected chi connectivity index (χ0v) is 14.3. The van der Waals surface area contributed by atoms with E-state index in [1.807, 2.05) is 18.2 Å². The van der Waals surface area contributed by atoms with E-state index in [9.17, 15) is 4.79 Å². The molecule has 112 valence electrons. The summed E-state index contributed by atoms with van der Waals surface area (Å²) in [6.45, 7) is 4.15. The van der Waals surface area contributed by atoms with Crippen molar-refractivity contribution in [2.75, 3.05) is 11.3 Å². The molecule has 0 amide bonds. The highest BCUT2D eigenvalue weighted by Gasteiger charge is 2.13. The van der Waals surface area contributed by atoms with Crippen molar-refractivity contribution in [1.29, 1.82) is 0 Å². The number of nitrogens with one attached hydrogen (secondary N) is 1. The summed E-state index contributed by atoms with van der Waals surface area (Å²) in [6.07, 6.45) is 2.88. The lowest BCUT2D eigenvalue weighted by atomic mass is 9.95. The topological polar surface area (TPSA) is 32.9 Å². The fourth-order valence-electron chi connectivity index (χ4n) is 2.39. The smallest absolute Gasteiger partial charge is 0.252 e. The number of hydrogen-bond acceptors (Lipinski definition) is 3. The molecule has 0 aliphatic heterocycles. The van der Waals surface area contributed by atoms with Crippen LogP contribution < -0.4 is 5.56 Å². The lowest BCUT2D eigenvalue weighted by Gasteiger charge is -2.13. The lowest BCUT2D eigenvalue weighted by molar-refractivity contribution is 0.812. The molecule has 2 aromatic rings. The first-order valence-electron chi connectivity index (χ1n) is 7.03. The van der Waals surface area contributed by atoms with Crippen LogP contribution in [0.4, 0.5) is 0 Å².